The molecule has 2 aliphatic rings. The molecule has 4 heteroatoms. The van der Waals surface area contributed by atoms with Gasteiger partial charge in [0.15, 0.2) is 0 Å². The molecule has 1 atom stereocenters. The predicted molar refractivity (Wildman–Crippen MR) is 94.5 cm³/mol. The number of aromatic hydroxyl groups is 1. The van der Waals surface area contributed by atoms with Crippen LogP contribution in [0.15, 0.2) is 23.8 Å². The Kier molecular flexibility index (Phi) is 5.24. The highest BCUT2D eigenvalue weighted by molar-refractivity contribution is 5.75. The summed E-state index contributed by atoms with van der Waals surface area (Å²) in [5.41, 5.74) is 2.99. The summed E-state index contributed by atoms with van der Waals surface area (Å²) in [7, 11) is 0. The molecule has 0 spiro atoms. The molecule has 1 aliphatic carbocycles. The number of hydrogen-bond acceptors (Lipinski definition) is 4. The second-order valence-electron chi connectivity index (χ2n) is 7.16. The first kappa shape index (κ1) is 17.0. The normalized spacial score (nSPS) is 21.6. The number of benzene rings is 1. The number of carbonyl (C=O) groups excluding carboxylic acids is 1. The Hall–Kier alpha value is -1.81. The van der Waals surface area contributed by atoms with Gasteiger partial charge in [-0.25, -0.2) is 0 Å². The number of allylic oxidation sites excluding steroid dienone is 2. The molecule has 0 saturated carbocycles. The van der Waals surface area contributed by atoms with E-state index in [4.69, 9.17) is 4.74 Å². The topological polar surface area (TPSA) is 49.8 Å². The summed E-state index contributed by atoms with van der Waals surface area (Å²) in [5.74, 6) is 0.635. The first-order valence-electron chi connectivity index (χ1n) is 8.97. The number of ether oxygens (including phenoxy) is 1. The van der Waals surface area contributed by atoms with Crippen LogP contribution in [0.1, 0.15) is 56.1 Å². The number of carbonyl (C=O) groups is 1. The largest absolute Gasteiger partial charge is 0.507 e. The first-order chi connectivity index (χ1) is 11.5. The molecule has 1 fully saturated rings. The lowest BCUT2D eigenvalue weighted by atomic mass is 9.85. The Balaban J connectivity index is 1.83. The molecule has 1 unspecified atom stereocenters. The number of nitrogens with zero attached hydrogens (tertiary/aromatic N) is 1. The highest BCUT2D eigenvalue weighted by atomic mass is 16.5. The standard InChI is InChI=1S/C20H27NO3/c1-14-6-5-7-16(10-14)20-17(22)11-15(2)12-18(20)24-19(23)13-21-8-3-4-9-21/h10-12,16,22H,3-9,13H2,1-2H3. The SMILES string of the molecule is CC1=CC(c2c(O)cc(C)cc2OC(=O)CN2CCCC2)CCC1. The van der Waals surface area contributed by atoms with Crippen LogP contribution in [0.25, 0.3) is 0 Å². The molecular formula is C20H27NO3. The second kappa shape index (κ2) is 7.39. The molecular weight excluding hydrogens is 302 g/mol. The van der Waals surface area contributed by atoms with Gasteiger partial charge in [-0.2, -0.15) is 0 Å². The minimum absolute atomic E-state index is 0.119. The van der Waals surface area contributed by atoms with E-state index in [2.05, 4.69) is 17.9 Å². The number of rotatable bonds is 4. The van der Waals surface area contributed by atoms with E-state index in [1.165, 1.54) is 5.57 Å². The van der Waals surface area contributed by atoms with Gasteiger partial charge in [-0.3, -0.25) is 9.69 Å². The minimum atomic E-state index is -0.236. The van der Waals surface area contributed by atoms with Gasteiger partial charge in [-0.05, 0) is 76.7 Å². The Morgan fingerprint density at radius 1 is 1.25 bits per heavy atom. The third kappa shape index (κ3) is 3.99. The van der Waals surface area contributed by atoms with E-state index in [0.29, 0.717) is 12.3 Å². The van der Waals surface area contributed by atoms with Gasteiger partial charge < -0.3 is 9.84 Å². The molecule has 1 aliphatic heterocycles. The van der Waals surface area contributed by atoms with E-state index in [1.807, 2.05) is 13.0 Å². The average Bonchev–Trinajstić information content (AvgIpc) is 2.99. The number of aryl methyl sites for hydroxylation is 1. The maximum Gasteiger partial charge on any atom is 0.325 e. The summed E-state index contributed by atoms with van der Waals surface area (Å²) >= 11 is 0. The zero-order valence-corrected chi connectivity index (χ0v) is 14.7. The fraction of sp³-hybridized carbons (Fsp3) is 0.550. The van der Waals surface area contributed by atoms with E-state index >= 15 is 0 Å². The Morgan fingerprint density at radius 2 is 2.00 bits per heavy atom. The summed E-state index contributed by atoms with van der Waals surface area (Å²) in [5, 5.41) is 10.5. The number of likely N-dealkylation sites (tertiary alicyclic amines) is 1. The number of phenolic OH excluding ortho intramolecular Hbond substituents is 1. The molecule has 1 heterocycles. The van der Waals surface area contributed by atoms with Gasteiger partial charge in [0.25, 0.3) is 0 Å². The molecule has 3 rings (SSSR count). The molecule has 0 aromatic heterocycles. The quantitative estimate of drug-likeness (QED) is 0.517. The fourth-order valence-electron chi connectivity index (χ4n) is 3.82. The van der Waals surface area contributed by atoms with Gasteiger partial charge in [-0.15, -0.1) is 0 Å². The zero-order valence-electron chi connectivity index (χ0n) is 14.7. The smallest absolute Gasteiger partial charge is 0.325 e. The maximum atomic E-state index is 12.3. The second-order valence-corrected chi connectivity index (χ2v) is 7.16. The third-order valence-electron chi connectivity index (χ3n) is 4.98. The lowest BCUT2D eigenvalue weighted by Gasteiger charge is -2.23. The summed E-state index contributed by atoms with van der Waals surface area (Å²) in [6, 6.07) is 3.62. The van der Waals surface area contributed by atoms with Gasteiger partial charge in [0.1, 0.15) is 11.5 Å². The van der Waals surface area contributed by atoms with Gasteiger partial charge in [0.2, 0.25) is 0 Å². The minimum Gasteiger partial charge on any atom is -0.507 e. The number of phenols is 1. The van der Waals surface area contributed by atoms with Crippen molar-refractivity contribution in [3.8, 4) is 11.5 Å². The lowest BCUT2D eigenvalue weighted by molar-refractivity contribution is -0.135. The van der Waals surface area contributed by atoms with Crippen molar-refractivity contribution in [2.24, 2.45) is 0 Å². The van der Waals surface area contributed by atoms with E-state index in [-0.39, 0.29) is 17.6 Å². The fourth-order valence-corrected chi connectivity index (χ4v) is 3.82. The maximum absolute atomic E-state index is 12.3. The first-order valence-corrected chi connectivity index (χ1v) is 8.97. The molecule has 4 nitrogen and oxygen atoms in total. The van der Waals surface area contributed by atoms with Crippen molar-refractivity contribution in [3.63, 3.8) is 0 Å². The van der Waals surface area contributed by atoms with Gasteiger partial charge in [0.05, 0.1) is 6.54 Å². The lowest BCUT2D eigenvalue weighted by Crippen LogP contribution is -2.30. The molecule has 0 bridgehead atoms. The van der Waals surface area contributed by atoms with Crippen LogP contribution in [0.3, 0.4) is 0 Å². The molecule has 0 radical (unpaired) electrons. The molecule has 1 N–H and O–H groups in total. The van der Waals surface area contributed by atoms with Crippen molar-refractivity contribution in [2.75, 3.05) is 19.6 Å². The molecule has 1 aromatic carbocycles. The summed E-state index contributed by atoms with van der Waals surface area (Å²) < 4.78 is 5.69. The summed E-state index contributed by atoms with van der Waals surface area (Å²) in [6.45, 7) is 6.28. The predicted octanol–water partition coefficient (Wildman–Crippen LogP) is 3.92. The van der Waals surface area contributed by atoms with Crippen LogP contribution in [0.5, 0.6) is 11.5 Å². The van der Waals surface area contributed by atoms with Crippen molar-refractivity contribution in [2.45, 2.75) is 51.9 Å². The summed E-state index contributed by atoms with van der Waals surface area (Å²) in [4.78, 5) is 14.5. The van der Waals surface area contributed by atoms with E-state index in [0.717, 1.165) is 56.3 Å². The monoisotopic (exact) mass is 329 g/mol. The van der Waals surface area contributed by atoms with Crippen LogP contribution in [-0.2, 0) is 4.79 Å². The van der Waals surface area contributed by atoms with Crippen LogP contribution in [-0.4, -0.2) is 35.6 Å². The summed E-state index contributed by atoms with van der Waals surface area (Å²) in [6.07, 6.45) is 7.68. The zero-order chi connectivity index (χ0) is 17.1. The van der Waals surface area contributed by atoms with Gasteiger partial charge >= 0.3 is 5.97 Å². The van der Waals surface area contributed by atoms with Crippen molar-refractivity contribution >= 4 is 5.97 Å². The van der Waals surface area contributed by atoms with Gasteiger partial charge in [0, 0.05) is 11.5 Å². The van der Waals surface area contributed by atoms with Crippen LogP contribution in [0, 0.1) is 6.92 Å². The van der Waals surface area contributed by atoms with Crippen molar-refractivity contribution in [1.29, 1.82) is 0 Å². The molecule has 0 amide bonds. The van der Waals surface area contributed by atoms with Crippen LogP contribution >= 0.6 is 0 Å². The van der Waals surface area contributed by atoms with E-state index in [9.17, 15) is 9.90 Å². The number of esters is 1. The Labute approximate surface area is 144 Å². The highest BCUT2D eigenvalue weighted by Crippen LogP contribution is 2.41. The highest BCUT2D eigenvalue weighted by Gasteiger charge is 2.24. The van der Waals surface area contributed by atoms with Crippen molar-refractivity contribution < 1.29 is 14.6 Å². The van der Waals surface area contributed by atoms with Crippen molar-refractivity contribution in [1.82, 2.24) is 4.90 Å². The molecule has 1 aromatic rings. The van der Waals surface area contributed by atoms with Crippen molar-refractivity contribution in [3.05, 3.63) is 34.9 Å². The van der Waals surface area contributed by atoms with Crippen LogP contribution in [0.4, 0.5) is 0 Å². The third-order valence-corrected chi connectivity index (χ3v) is 4.98. The Bertz CT molecular complexity index is 645. The van der Waals surface area contributed by atoms with Crippen LogP contribution < -0.4 is 4.74 Å². The number of hydrogen-bond donors (Lipinski definition) is 1. The van der Waals surface area contributed by atoms with Crippen LogP contribution in [0.2, 0.25) is 0 Å². The van der Waals surface area contributed by atoms with Gasteiger partial charge in [-0.1, -0.05) is 11.6 Å². The van der Waals surface area contributed by atoms with E-state index in [1.54, 1.807) is 6.07 Å². The molecule has 24 heavy (non-hydrogen) atoms. The van der Waals surface area contributed by atoms with E-state index < -0.39 is 0 Å². The average molecular weight is 329 g/mol. The molecule has 1 saturated heterocycles. The Morgan fingerprint density at radius 3 is 2.71 bits per heavy atom. The molecule has 130 valence electrons.